The smallest absolute Gasteiger partial charge is 0.233 e. The van der Waals surface area contributed by atoms with E-state index in [1.165, 1.54) is 25.0 Å². The lowest BCUT2D eigenvalue weighted by atomic mass is 10.0. The number of anilines is 1. The van der Waals surface area contributed by atoms with Gasteiger partial charge in [0.05, 0.1) is 29.9 Å². The van der Waals surface area contributed by atoms with E-state index in [2.05, 4.69) is 20.4 Å². The van der Waals surface area contributed by atoms with Crippen LogP contribution >= 0.6 is 0 Å². The molecule has 1 saturated carbocycles. The van der Waals surface area contributed by atoms with Crippen LogP contribution in [0.25, 0.3) is 16.9 Å². The summed E-state index contributed by atoms with van der Waals surface area (Å²) in [5.74, 6) is 1.37. The van der Waals surface area contributed by atoms with Gasteiger partial charge in [0, 0.05) is 36.4 Å². The molecule has 1 aliphatic heterocycles. The van der Waals surface area contributed by atoms with Crippen molar-refractivity contribution in [3.8, 4) is 28.6 Å². The Morgan fingerprint density at radius 2 is 2.09 bits per heavy atom. The summed E-state index contributed by atoms with van der Waals surface area (Å²) in [7, 11) is 1.57. The third kappa shape index (κ3) is 3.55. The van der Waals surface area contributed by atoms with E-state index in [1.54, 1.807) is 24.1 Å². The summed E-state index contributed by atoms with van der Waals surface area (Å²) in [6.45, 7) is 2.64. The zero-order chi connectivity index (χ0) is 23.4. The van der Waals surface area contributed by atoms with Crippen molar-refractivity contribution in [2.24, 2.45) is 5.92 Å². The average molecular weight is 462 g/mol. The number of benzene rings is 1. The molecule has 34 heavy (non-hydrogen) atoms. The third-order valence-corrected chi connectivity index (χ3v) is 6.37. The number of rotatable bonds is 3. The van der Waals surface area contributed by atoms with Crippen LogP contribution in [0.15, 0.2) is 36.5 Å². The van der Waals surface area contributed by atoms with Gasteiger partial charge >= 0.3 is 0 Å². The maximum Gasteiger partial charge on any atom is 0.233 e. The fourth-order valence-corrected chi connectivity index (χ4v) is 4.43. The second kappa shape index (κ2) is 7.82. The molecule has 0 spiro atoms. The second-order valence-electron chi connectivity index (χ2n) is 8.85. The highest BCUT2D eigenvalue weighted by Crippen LogP contribution is 2.37. The second-order valence-corrected chi connectivity index (χ2v) is 8.85. The molecule has 6 rings (SSSR count). The molecule has 1 fully saturated rings. The Bertz CT molecular complexity index is 1390. The minimum atomic E-state index is -0.526. The number of methoxy groups -OCH3 is 1. The number of pyridine rings is 1. The van der Waals surface area contributed by atoms with E-state index in [1.807, 2.05) is 23.7 Å². The number of fused-ring (bicyclic) bond motifs is 7. The van der Waals surface area contributed by atoms with Gasteiger partial charge in [-0.3, -0.25) is 0 Å². The molecule has 2 bridgehead atoms. The number of halogens is 1. The summed E-state index contributed by atoms with van der Waals surface area (Å²) in [4.78, 5) is 4.39. The Hall–Kier alpha value is -3.95. The van der Waals surface area contributed by atoms with Crippen molar-refractivity contribution >= 4 is 5.82 Å². The minimum Gasteiger partial charge on any atom is -0.482 e. The maximum atomic E-state index is 14.3. The molecule has 3 aromatic heterocycles. The number of hydrogen-bond acceptors (Lipinski definition) is 7. The quantitative estimate of drug-likeness (QED) is 0.496. The van der Waals surface area contributed by atoms with E-state index >= 15 is 0 Å². The molecular formula is C24H24FN7O2. The summed E-state index contributed by atoms with van der Waals surface area (Å²) in [5.41, 5.74) is 10.8. The van der Waals surface area contributed by atoms with Gasteiger partial charge in [-0.1, -0.05) is 5.21 Å². The van der Waals surface area contributed by atoms with E-state index in [9.17, 15) is 4.39 Å². The van der Waals surface area contributed by atoms with Gasteiger partial charge in [0.25, 0.3) is 0 Å². The van der Waals surface area contributed by atoms with Gasteiger partial charge in [0.1, 0.15) is 11.9 Å². The highest BCUT2D eigenvalue weighted by Gasteiger charge is 2.28. The molecule has 0 saturated heterocycles. The lowest BCUT2D eigenvalue weighted by Gasteiger charge is -2.21. The first-order chi connectivity index (χ1) is 16.5. The van der Waals surface area contributed by atoms with E-state index in [0.717, 1.165) is 29.2 Å². The first-order valence-electron chi connectivity index (χ1n) is 11.3. The zero-order valence-electron chi connectivity index (χ0n) is 18.9. The molecule has 0 amide bonds. The highest BCUT2D eigenvalue weighted by molar-refractivity contribution is 5.67. The predicted molar refractivity (Wildman–Crippen MR) is 122 cm³/mol. The molecule has 1 aromatic carbocycles. The van der Waals surface area contributed by atoms with Gasteiger partial charge in [-0.15, -0.1) is 10.2 Å². The Balaban J connectivity index is 1.60. The number of ether oxygens (including phenoxy) is 2. The van der Waals surface area contributed by atoms with Gasteiger partial charge in [-0.05, 0) is 49.9 Å². The monoisotopic (exact) mass is 461 g/mol. The van der Waals surface area contributed by atoms with Gasteiger partial charge in [0.15, 0.2) is 11.6 Å². The number of nitrogens with two attached hydrogens (primary N) is 1. The van der Waals surface area contributed by atoms with Gasteiger partial charge < -0.3 is 15.2 Å². The van der Waals surface area contributed by atoms with Crippen molar-refractivity contribution in [1.82, 2.24) is 29.8 Å². The van der Waals surface area contributed by atoms with E-state index in [-0.39, 0.29) is 11.6 Å². The number of aromatic nitrogens is 6. The van der Waals surface area contributed by atoms with Gasteiger partial charge in [0.2, 0.25) is 5.88 Å². The maximum absolute atomic E-state index is 14.3. The van der Waals surface area contributed by atoms with Crippen molar-refractivity contribution in [3.63, 3.8) is 0 Å². The lowest BCUT2D eigenvalue weighted by Crippen LogP contribution is -2.14. The fraction of sp³-hybridized carbons (Fsp3) is 0.333. The van der Waals surface area contributed by atoms with Crippen LogP contribution in [0.1, 0.15) is 42.8 Å². The summed E-state index contributed by atoms with van der Waals surface area (Å²) in [6.07, 6.45) is 4.02. The van der Waals surface area contributed by atoms with E-state index in [4.69, 9.17) is 15.2 Å². The molecule has 2 aliphatic rings. The van der Waals surface area contributed by atoms with Crippen LogP contribution < -0.4 is 15.2 Å². The lowest BCUT2D eigenvalue weighted by molar-refractivity contribution is 0.226. The molecule has 9 nitrogen and oxygen atoms in total. The molecule has 10 heteroatoms. The van der Waals surface area contributed by atoms with Crippen LogP contribution in [0.4, 0.5) is 10.2 Å². The molecule has 2 N–H and O–H groups in total. The van der Waals surface area contributed by atoms with Crippen LogP contribution in [0.2, 0.25) is 0 Å². The number of nitrogens with zero attached hydrogens (tertiary/aromatic N) is 6. The SMILES string of the molecule is COc1cc2n(n1)-c1ccc(F)cc1C(C)Oc1cc(cnc1N)-c1c(nnn1CC1CC1)C2. The molecule has 174 valence electrons. The number of hydrogen-bond donors (Lipinski definition) is 1. The molecule has 0 radical (unpaired) electrons. The van der Waals surface area contributed by atoms with E-state index in [0.29, 0.717) is 35.2 Å². The first kappa shape index (κ1) is 20.6. The van der Waals surface area contributed by atoms with Crippen LogP contribution in [0, 0.1) is 11.7 Å². The molecule has 1 unspecified atom stereocenters. The van der Waals surface area contributed by atoms with Crippen molar-refractivity contribution < 1.29 is 13.9 Å². The van der Waals surface area contributed by atoms with Gasteiger partial charge in [-0.2, -0.15) is 0 Å². The Morgan fingerprint density at radius 3 is 2.88 bits per heavy atom. The zero-order valence-corrected chi connectivity index (χ0v) is 18.9. The van der Waals surface area contributed by atoms with Crippen molar-refractivity contribution in [1.29, 1.82) is 0 Å². The molecular weight excluding hydrogens is 437 g/mol. The topological polar surface area (TPSA) is 106 Å². The standard InChI is InChI=1S/C24H24FN7O2/c1-13-18-8-16(25)5-6-20(18)32-17(10-22(29-32)33-2)9-19-23(31(30-28-19)12-14-3-4-14)15-7-21(34-13)24(26)27-11-15/h5-8,10-11,13-14H,3-4,9,12H2,1-2H3,(H2,26,27). The highest BCUT2D eigenvalue weighted by atomic mass is 19.1. The third-order valence-electron chi connectivity index (χ3n) is 6.37. The Labute approximate surface area is 195 Å². The predicted octanol–water partition coefficient (Wildman–Crippen LogP) is 3.71. The molecule has 4 heterocycles. The molecule has 1 aliphatic carbocycles. The summed E-state index contributed by atoms with van der Waals surface area (Å²) >= 11 is 0. The van der Waals surface area contributed by atoms with Gasteiger partial charge in [-0.25, -0.2) is 18.7 Å². The molecule has 1 atom stereocenters. The van der Waals surface area contributed by atoms with Crippen molar-refractivity contribution in [2.75, 3.05) is 12.8 Å². The van der Waals surface area contributed by atoms with Crippen LogP contribution in [0.5, 0.6) is 11.6 Å². The normalized spacial score (nSPS) is 17.0. The summed E-state index contributed by atoms with van der Waals surface area (Å²) in [5, 5.41) is 13.6. The van der Waals surface area contributed by atoms with E-state index < -0.39 is 6.10 Å². The largest absolute Gasteiger partial charge is 0.482 e. The summed E-state index contributed by atoms with van der Waals surface area (Å²) in [6, 6.07) is 8.27. The summed E-state index contributed by atoms with van der Waals surface area (Å²) < 4.78 is 29.7. The van der Waals surface area contributed by atoms with Crippen LogP contribution in [-0.4, -0.2) is 36.9 Å². The van der Waals surface area contributed by atoms with Crippen LogP contribution in [-0.2, 0) is 13.0 Å². The minimum absolute atomic E-state index is 0.259. The first-order valence-corrected chi connectivity index (χ1v) is 11.3. The Kier molecular flexibility index (Phi) is 4.75. The number of nitrogen functional groups attached to an aromatic ring is 1. The van der Waals surface area contributed by atoms with Crippen molar-refractivity contribution in [2.45, 2.75) is 38.8 Å². The Morgan fingerprint density at radius 1 is 1.24 bits per heavy atom. The van der Waals surface area contributed by atoms with Crippen LogP contribution in [0.3, 0.4) is 0 Å². The molecule has 4 aromatic rings. The fourth-order valence-electron chi connectivity index (χ4n) is 4.43. The van der Waals surface area contributed by atoms with Crippen molar-refractivity contribution in [3.05, 3.63) is 59.3 Å². The average Bonchev–Trinajstić information content (AvgIpc) is 3.42.